The Morgan fingerprint density at radius 2 is 1.51 bits per heavy atom. The molecule has 2 saturated carbocycles. The van der Waals surface area contributed by atoms with Crippen LogP contribution in [0, 0.1) is 0 Å². The highest BCUT2D eigenvalue weighted by Gasteiger charge is 2.26. The van der Waals surface area contributed by atoms with E-state index in [9.17, 15) is 19.5 Å². The van der Waals surface area contributed by atoms with Gasteiger partial charge in [0.25, 0.3) is 0 Å². The summed E-state index contributed by atoms with van der Waals surface area (Å²) in [5, 5.41) is 15.5. The number of benzene rings is 1. The van der Waals surface area contributed by atoms with E-state index in [1.807, 2.05) is 6.07 Å². The molecule has 0 spiro atoms. The molecule has 1 atom stereocenters. The zero-order chi connectivity index (χ0) is 28.7. The number of amides is 1. The zero-order valence-corrected chi connectivity index (χ0v) is 24.3. The Kier molecular flexibility index (Phi) is 14.3. The first-order chi connectivity index (χ1) is 18.6. The van der Waals surface area contributed by atoms with Crippen LogP contribution in [0.1, 0.15) is 103 Å². The molecule has 0 heterocycles. The molecule has 2 aliphatic rings. The molecule has 1 aromatic carbocycles. The fraction of sp³-hybridized carbons (Fsp3) is 0.700. The number of ether oxygens (including phenoxy) is 2. The molecule has 3 rings (SSSR count). The summed E-state index contributed by atoms with van der Waals surface area (Å²) in [6.07, 6.45) is 13.9. The maximum Gasteiger partial charge on any atom is 0.422 e. The Morgan fingerprint density at radius 3 is 1.97 bits per heavy atom. The summed E-state index contributed by atoms with van der Waals surface area (Å²) < 4.78 is 9.73. The molecule has 2 fully saturated rings. The summed E-state index contributed by atoms with van der Waals surface area (Å²) in [5.41, 5.74) is 2.47. The van der Waals surface area contributed by atoms with Crippen LogP contribution in [0.5, 0.6) is 0 Å². The Labute approximate surface area is 234 Å². The summed E-state index contributed by atoms with van der Waals surface area (Å²) >= 11 is 0. The summed E-state index contributed by atoms with van der Waals surface area (Å²) in [5.74, 6) is -1.96. The van der Waals surface area contributed by atoms with Crippen molar-refractivity contribution in [3.8, 4) is 0 Å². The first-order valence-electron chi connectivity index (χ1n) is 14.5. The molecule has 1 aromatic rings. The van der Waals surface area contributed by atoms with E-state index in [2.05, 4.69) is 15.5 Å². The number of carbonyl (C=O) groups is 3. The quantitative estimate of drug-likeness (QED) is 0.340. The van der Waals surface area contributed by atoms with Gasteiger partial charge in [-0.15, -0.1) is 0 Å². The van der Waals surface area contributed by atoms with Crippen molar-refractivity contribution in [2.45, 2.75) is 128 Å². The minimum Gasteiger partial charge on any atom is -0.548 e. The summed E-state index contributed by atoms with van der Waals surface area (Å²) in [4.78, 5) is 35.1. The number of esters is 1. The fourth-order valence-corrected chi connectivity index (χ4v) is 5.22. The number of hydrogen-bond acceptors (Lipinski definition) is 7. The molecule has 9 heteroatoms. The van der Waals surface area contributed by atoms with Crippen LogP contribution >= 0.6 is 0 Å². The van der Waals surface area contributed by atoms with Gasteiger partial charge in [-0.2, -0.15) is 0 Å². The van der Waals surface area contributed by atoms with E-state index in [1.165, 1.54) is 76.3 Å². The van der Waals surface area contributed by atoms with Crippen LogP contribution in [-0.2, 0) is 25.6 Å². The number of nitrogens with zero attached hydrogens (tertiary/aromatic N) is 1. The Morgan fingerprint density at radius 1 is 0.974 bits per heavy atom. The number of carboxylic acids is 1. The third-order valence-electron chi connectivity index (χ3n) is 7.17. The maximum absolute atomic E-state index is 12.1. The van der Waals surface area contributed by atoms with Crippen LogP contribution in [0.4, 0.5) is 4.79 Å². The second kappa shape index (κ2) is 17.1. The zero-order valence-electron chi connectivity index (χ0n) is 24.3. The number of rotatable bonds is 10. The van der Waals surface area contributed by atoms with Gasteiger partial charge in [0, 0.05) is 13.0 Å². The second-order valence-corrected chi connectivity index (χ2v) is 11.7. The Bertz CT molecular complexity index is 845. The van der Waals surface area contributed by atoms with E-state index in [4.69, 9.17) is 4.74 Å². The van der Waals surface area contributed by atoms with Gasteiger partial charge in [0.1, 0.15) is 5.60 Å². The van der Waals surface area contributed by atoms with Crippen LogP contribution in [0.15, 0.2) is 30.3 Å². The van der Waals surface area contributed by atoms with Gasteiger partial charge in [0.2, 0.25) is 0 Å². The number of carboxylic acid groups (broad SMARTS) is 1. The molecule has 39 heavy (non-hydrogen) atoms. The van der Waals surface area contributed by atoms with Gasteiger partial charge < -0.3 is 24.7 Å². The SMILES string of the molecule is C1CCC([NH2+]C2CCCCC2)CC1.COC(=O)CC[C@@H](C(=O)[O-])N(Cc1ccccc1)NC(=O)OC(C)(C)C. The molecule has 3 N–H and O–H groups in total. The maximum atomic E-state index is 12.1. The summed E-state index contributed by atoms with van der Waals surface area (Å²) in [7, 11) is 1.22. The summed E-state index contributed by atoms with van der Waals surface area (Å²) in [6.45, 7) is 5.19. The third kappa shape index (κ3) is 13.8. The molecule has 1 amide bonds. The van der Waals surface area contributed by atoms with Crippen LogP contribution in [0.25, 0.3) is 0 Å². The number of methoxy groups -OCH3 is 1. The molecule has 0 saturated heterocycles. The van der Waals surface area contributed by atoms with E-state index >= 15 is 0 Å². The number of aliphatic carboxylic acids is 1. The van der Waals surface area contributed by atoms with Crippen molar-refractivity contribution >= 4 is 18.0 Å². The smallest absolute Gasteiger partial charge is 0.422 e. The number of nitrogens with one attached hydrogen (secondary N) is 1. The van der Waals surface area contributed by atoms with E-state index in [1.54, 1.807) is 45.0 Å². The lowest BCUT2D eigenvalue weighted by atomic mass is 9.91. The first-order valence-corrected chi connectivity index (χ1v) is 14.5. The number of carbonyl (C=O) groups excluding carboxylic acids is 3. The van der Waals surface area contributed by atoms with Gasteiger partial charge >= 0.3 is 12.1 Å². The van der Waals surface area contributed by atoms with Gasteiger partial charge in [-0.05, 0) is 84.1 Å². The van der Waals surface area contributed by atoms with Crippen LogP contribution in [-0.4, -0.2) is 53.9 Å². The monoisotopic (exact) mass is 547 g/mol. The van der Waals surface area contributed by atoms with Crippen molar-refractivity contribution in [3.63, 3.8) is 0 Å². The molecular formula is C30H49N3O6. The fourth-order valence-electron chi connectivity index (χ4n) is 5.22. The summed E-state index contributed by atoms with van der Waals surface area (Å²) in [6, 6.07) is 9.75. The van der Waals surface area contributed by atoms with Crippen molar-refractivity contribution < 1.29 is 34.3 Å². The number of nitrogens with two attached hydrogens (primary N) is 1. The van der Waals surface area contributed by atoms with Gasteiger partial charge in [0.15, 0.2) is 0 Å². The number of hydrazine groups is 1. The highest BCUT2D eigenvalue weighted by molar-refractivity contribution is 5.75. The van der Waals surface area contributed by atoms with Gasteiger partial charge in [-0.1, -0.05) is 43.2 Å². The van der Waals surface area contributed by atoms with E-state index in [-0.39, 0.29) is 19.4 Å². The minimum atomic E-state index is -1.42. The lowest BCUT2D eigenvalue weighted by Crippen LogP contribution is -2.95. The second-order valence-electron chi connectivity index (χ2n) is 11.7. The normalized spacial score (nSPS) is 17.5. The van der Waals surface area contributed by atoms with Crippen molar-refractivity contribution in [1.82, 2.24) is 10.4 Å². The molecule has 2 aliphatic carbocycles. The van der Waals surface area contributed by atoms with E-state index < -0.39 is 29.7 Å². The highest BCUT2D eigenvalue weighted by Crippen LogP contribution is 2.18. The number of hydrogen-bond donors (Lipinski definition) is 2. The average molecular weight is 548 g/mol. The average Bonchev–Trinajstić information content (AvgIpc) is 2.89. The Balaban J connectivity index is 0.000000338. The molecule has 0 radical (unpaired) electrons. The molecule has 9 nitrogen and oxygen atoms in total. The molecule has 0 aromatic heterocycles. The van der Waals surface area contributed by atoms with Crippen LogP contribution in [0.3, 0.4) is 0 Å². The predicted octanol–water partition coefficient (Wildman–Crippen LogP) is 3.22. The van der Waals surface area contributed by atoms with Crippen molar-refractivity contribution in [2.75, 3.05) is 7.11 Å². The van der Waals surface area contributed by atoms with Crippen LogP contribution < -0.4 is 15.8 Å². The van der Waals surface area contributed by atoms with Gasteiger partial charge in [-0.3, -0.25) is 10.2 Å². The van der Waals surface area contributed by atoms with Gasteiger partial charge in [0.05, 0.1) is 31.2 Å². The lowest BCUT2D eigenvalue weighted by Gasteiger charge is -2.33. The van der Waals surface area contributed by atoms with Crippen molar-refractivity contribution in [1.29, 1.82) is 0 Å². The molecular weight excluding hydrogens is 498 g/mol. The molecule has 0 aliphatic heterocycles. The molecule has 0 unspecified atom stereocenters. The van der Waals surface area contributed by atoms with E-state index in [0.717, 1.165) is 17.6 Å². The third-order valence-corrected chi connectivity index (χ3v) is 7.17. The number of quaternary nitrogens is 1. The molecule has 220 valence electrons. The standard InChI is InChI=1S/C18H26N2O6.C12H23N/c1-18(2,3)26-17(24)19-20(12-13-8-6-5-7-9-13)14(16(22)23)10-11-15(21)25-4;1-3-7-11(8-4-1)13-12-9-5-2-6-10-12/h5-9,14H,10-12H2,1-4H3,(H,19,24)(H,22,23);11-13H,1-10H2/t14-;/m0./s1. The van der Waals surface area contributed by atoms with Crippen LogP contribution in [0.2, 0.25) is 0 Å². The largest absolute Gasteiger partial charge is 0.548 e. The predicted molar refractivity (Wildman–Crippen MR) is 147 cm³/mol. The van der Waals surface area contributed by atoms with E-state index in [0.29, 0.717) is 0 Å². The molecule has 0 bridgehead atoms. The lowest BCUT2D eigenvalue weighted by molar-refractivity contribution is -0.725. The first kappa shape index (κ1) is 32.6. The van der Waals surface area contributed by atoms with Gasteiger partial charge in [-0.25, -0.2) is 9.80 Å². The van der Waals surface area contributed by atoms with Crippen molar-refractivity contribution in [3.05, 3.63) is 35.9 Å². The minimum absolute atomic E-state index is 0.0857. The Hall–Kier alpha value is -2.65. The van der Waals surface area contributed by atoms with Crippen molar-refractivity contribution in [2.24, 2.45) is 0 Å². The highest BCUT2D eigenvalue weighted by atomic mass is 16.6. The topological polar surface area (TPSA) is 125 Å².